The van der Waals surface area contributed by atoms with E-state index in [4.69, 9.17) is 0 Å². The molecule has 0 saturated heterocycles. The second-order valence-corrected chi connectivity index (χ2v) is 6.84. The highest BCUT2D eigenvalue weighted by Gasteiger charge is 2.18. The molecule has 6 heteroatoms. The Kier molecular flexibility index (Phi) is 6.49. The normalized spacial score (nSPS) is 10.5. The van der Waals surface area contributed by atoms with E-state index in [2.05, 4.69) is 17.2 Å². The van der Waals surface area contributed by atoms with Crippen molar-refractivity contribution >= 4 is 28.3 Å². The maximum Gasteiger partial charge on any atom is 0.254 e. The van der Waals surface area contributed by atoms with E-state index in [1.54, 1.807) is 11.1 Å². The Balaban J connectivity index is 2.03. The first-order valence-corrected chi connectivity index (χ1v) is 8.95. The van der Waals surface area contributed by atoms with Gasteiger partial charge in [-0.05, 0) is 37.5 Å². The molecule has 0 fully saturated rings. The zero-order valence-corrected chi connectivity index (χ0v) is 15.2. The largest absolute Gasteiger partial charge is 0.329 e. The summed E-state index contributed by atoms with van der Waals surface area (Å²) in [6, 6.07) is 7.56. The van der Waals surface area contributed by atoms with Crippen molar-refractivity contribution < 1.29 is 9.59 Å². The van der Waals surface area contributed by atoms with Crippen LogP contribution in [0.3, 0.4) is 0 Å². The molecule has 24 heavy (non-hydrogen) atoms. The molecule has 2 aromatic rings. The van der Waals surface area contributed by atoms with Crippen molar-refractivity contribution in [3.8, 4) is 0 Å². The lowest BCUT2D eigenvalue weighted by molar-refractivity contribution is -0.116. The number of thiazole rings is 1. The summed E-state index contributed by atoms with van der Waals surface area (Å²) in [7, 11) is 0. The molecule has 0 unspecified atom stereocenters. The van der Waals surface area contributed by atoms with E-state index in [1.807, 2.05) is 38.1 Å². The summed E-state index contributed by atoms with van der Waals surface area (Å²) >= 11 is 1.42. The van der Waals surface area contributed by atoms with E-state index in [-0.39, 0.29) is 18.4 Å². The number of aryl methyl sites for hydroxylation is 2. The van der Waals surface area contributed by atoms with Crippen molar-refractivity contribution in [3.63, 3.8) is 0 Å². The molecule has 1 N–H and O–H groups in total. The fourth-order valence-corrected chi connectivity index (χ4v) is 3.01. The molecule has 1 aromatic heterocycles. The Hall–Kier alpha value is -2.21. The van der Waals surface area contributed by atoms with Gasteiger partial charge in [-0.3, -0.25) is 9.59 Å². The lowest BCUT2D eigenvalue weighted by Crippen LogP contribution is -2.38. The number of hydrogen-bond acceptors (Lipinski definition) is 4. The van der Waals surface area contributed by atoms with Crippen LogP contribution in [0.2, 0.25) is 0 Å². The van der Waals surface area contributed by atoms with Crippen LogP contribution < -0.4 is 5.32 Å². The Labute approximate surface area is 146 Å². The molecule has 0 aliphatic carbocycles. The molecular weight excluding hydrogens is 322 g/mol. The monoisotopic (exact) mass is 345 g/mol. The fourth-order valence-electron chi connectivity index (χ4n) is 2.33. The molecule has 0 radical (unpaired) electrons. The average Bonchev–Trinajstić information content (AvgIpc) is 2.98. The van der Waals surface area contributed by atoms with Gasteiger partial charge in [-0.2, -0.15) is 0 Å². The summed E-state index contributed by atoms with van der Waals surface area (Å²) in [6.45, 7) is 6.56. The zero-order chi connectivity index (χ0) is 17.5. The summed E-state index contributed by atoms with van der Waals surface area (Å²) in [6.07, 6.45) is 3.44. The van der Waals surface area contributed by atoms with E-state index in [9.17, 15) is 9.59 Å². The number of nitrogens with one attached hydrogen (secondary N) is 1. The van der Waals surface area contributed by atoms with Crippen LogP contribution in [0, 0.1) is 6.92 Å². The van der Waals surface area contributed by atoms with E-state index < -0.39 is 0 Å². The number of nitrogens with zero attached hydrogens (tertiary/aromatic N) is 2. The van der Waals surface area contributed by atoms with Crippen LogP contribution in [0.25, 0.3) is 0 Å². The third-order valence-electron chi connectivity index (χ3n) is 3.59. The van der Waals surface area contributed by atoms with E-state index in [0.29, 0.717) is 17.2 Å². The molecule has 1 aromatic carbocycles. The van der Waals surface area contributed by atoms with Gasteiger partial charge >= 0.3 is 0 Å². The number of carbonyl (C=O) groups is 2. The Bertz CT molecular complexity index is 695. The molecule has 5 nitrogen and oxygen atoms in total. The van der Waals surface area contributed by atoms with Gasteiger partial charge in [0.25, 0.3) is 5.91 Å². The Morgan fingerprint density at radius 1 is 1.21 bits per heavy atom. The van der Waals surface area contributed by atoms with Gasteiger partial charge in [-0.25, -0.2) is 4.98 Å². The van der Waals surface area contributed by atoms with Gasteiger partial charge < -0.3 is 10.2 Å². The van der Waals surface area contributed by atoms with Crippen LogP contribution in [-0.4, -0.2) is 34.8 Å². The molecule has 0 atom stereocenters. The van der Waals surface area contributed by atoms with Crippen molar-refractivity contribution in [2.75, 3.05) is 18.4 Å². The quantitative estimate of drug-likeness (QED) is 0.835. The number of carbonyl (C=O) groups excluding carboxylic acids is 2. The van der Waals surface area contributed by atoms with Gasteiger partial charge in [0.2, 0.25) is 5.91 Å². The summed E-state index contributed by atoms with van der Waals surface area (Å²) in [5, 5.41) is 3.31. The molecule has 1 heterocycles. The zero-order valence-electron chi connectivity index (χ0n) is 14.3. The average molecular weight is 345 g/mol. The lowest BCUT2D eigenvalue weighted by atomic mass is 10.1. The van der Waals surface area contributed by atoms with Crippen molar-refractivity contribution in [3.05, 3.63) is 46.5 Å². The first-order chi connectivity index (χ1) is 11.5. The topological polar surface area (TPSA) is 62.3 Å². The van der Waals surface area contributed by atoms with Crippen molar-refractivity contribution in [1.29, 1.82) is 0 Å². The second kappa shape index (κ2) is 8.59. The minimum Gasteiger partial charge on any atom is -0.329 e. The van der Waals surface area contributed by atoms with Crippen LogP contribution in [-0.2, 0) is 11.2 Å². The lowest BCUT2D eigenvalue weighted by Gasteiger charge is -2.21. The predicted octanol–water partition coefficient (Wildman–Crippen LogP) is 3.50. The van der Waals surface area contributed by atoms with E-state index in [0.717, 1.165) is 17.7 Å². The van der Waals surface area contributed by atoms with Gasteiger partial charge in [-0.15, -0.1) is 11.3 Å². The number of aromatic nitrogens is 1. The van der Waals surface area contributed by atoms with E-state index >= 15 is 0 Å². The van der Waals surface area contributed by atoms with Crippen LogP contribution in [0.4, 0.5) is 5.13 Å². The van der Waals surface area contributed by atoms with Gasteiger partial charge in [0.15, 0.2) is 5.13 Å². The summed E-state index contributed by atoms with van der Waals surface area (Å²) < 4.78 is 0. The number of anilines is 1. The first-order valence-electron chi connectivity index (χ1n) is 8.14. The molecule has 0 aliphatic heterocycles. The van der Waals surface area contributed by atoms with Crippen molar-refractivity contribution in [1.82, 2.24) is 9.88 Å². The standard InChI is InChI=1S/C18H23N3O2S/c1-4-10-21(12-16(22)20-18-19-11-13(3)24-18)17(23)15-8-6-14(5-2)7-9-15/h6-9,11H,4-5,10,12H2,1-3H3,(H,19,20,22). The first kappa shape index (κ1) is 18.1. The highest BCUT2D eigenvalue weighted by atomic mass is 32.1. The van der Waals surface area contributed by atoms with Crippen LogP contribution >= 0.6 is 11.3 Å². The highest BCUT2D eigenvalue weighted by molar-refractivity contribution is 7.15. The fraction of sp³-hybridized carbons (Fsp3) is 0.389. The Morgan fingerprint density at radius 3 is 2.46 bits per heavy atom. The molecule has 128 valence electrons. The van der Waals surface area contributed by atoms with Gasteiger partial charge in [0.05, 0.1) is 0 Å². The van der Waals surface area contributed by atoms with Crippen LogP contribution in [0.5, 0.6) is 0 Å². The maximum absolute atomic E-state index is 12.7. The number of benzene rings is 1. The third kappa shape index (κ3) is 4.89. The van der Waals surface area contributed by atoms with Crippen molar-refractivity contribution in [2.45, 2.75) is 33.6 Å². The number of amides is 2. The van der Waals surface area contributed by atoms with Crippen LogP contribution in [0.15, 0.2) is 30.5 Å². The van der Waals surface area contributed by atoms with E-state index in [1.165, 1.54) is 16.9 Å². The molecule has 2 amide bonds. The number of rotatable bonds is 7. The minimum atomic E-state index is -0.226. The summed E-state index contributed by atoms with van der Waals surface area (Å²) in [5.41, 5.74) is 1.80. The minimum absolute atomic E-state index is 0.0286. The molecule has 0 spiro atoms. The van der Waals surface area contributed by atoms with Crippen molar-refractivity contribution in [2.24, 2.45) is 0 Å². The Morgan fingerprint density at radius 2 is 1.92 bits per heavy atom. The molecule has 0 bridgehead atoms. The summed E-state index contributed by atoms with van der Waals surface area (Å²) in [5.74, 6) is -0.346. The summed E-state index contributed by atoms with van der Waals surface area (Å²) in [4.78, 5) is 31.6. The molecule has 0 aliphatic rings. The van der Waals surface area contributed by atoms with Gasteiger partial charge in [0.1, 0.15) is 6.54 Å². The second-order valence-electron chi connectivity index (χ2n) is 5.60. The van der Waals surface area contributed by atoms with Crippen LogP contribution in [0.1, 0.15) is 41.1 Å². The number of hydrogen-bond donors (Lipinski definition) is 1. The third-order valence-corrected chi connectivity index (χ3v) is 4.42. The molecular formula is C18H23N3O2S. The van der Waals surface area contributed by atoms with Gasteiger partial charge in [-0.1, -0.05) is 26.0 Å². The SMILES string of the molecule is CCCN(CC(=O)Nc1ncc(C)s1)C(=O)c1ccc(CC)cc1. The predicted molar refractivity (Wildman–Crippen MR) is 97.5 cm³/mol. The molecule has 2 rings (SSSR count). The maximum atomic E-state index is 12.7. The van der Waals surface area contributed by atoms with Gasteiger partial charge in [0, 0.05) is 23.2 Å². The highest BCUT2D eigenvalue weighted by Crippen LogP contribution is 2.16. The molecule has 0 saturated carbocycles. The smallest absolute Gasteiger partial charge is 0.254 e.